The van der Waals surface area contributed by atoms with E-state index in [-0.39, 0.29) is 17.6 Å². The molecule has 2 N–H and O–H groups in total. The van der Waals surface area contributed by atoms with E-state index in [9.17, 15) is 9.18 Å². The van der Waals surface area contributed by atoms with Gasteiger partial charge in [-0.15, -0.1) is 0 Å². The summed E-state index contributed by atoms with van der Waals surface area (Å²) in [6.07, 6.45) is 1.41. The van der Waals surface area contributed by atoms with Crippen LogP contribution in [0.15, 0.2) is 54.6 Å². The van der Waals surface area contributed by atoms with E-state index in [0.29, 0.717) is 26.1 Å². The zero-order chi connectivity index (χ0) is 16.3. The Balaban J connectivity index is 1.52. The van der Waals surface area contributed by atoms with Gasteiger partial charge in [0.2, 0.25) is 0 Å². The van der Waals surface area contributed by atoms with E-state index in [2.05, 4.69) is 10.6 Å². The fraction of sp³-hybridized carbons (Fsp3) is 0.278. The van der Waals surface area contributed by atoms with Crippen LogP contribution in [0.25, 0.3) is 0 Å². The molecule has 0 fully saturated rings. The van der Waals surface area contributed by atoms with Gasteiger partial charge in [-0.2, -0.15) is 0 Å². The predicted octanol–water partition coefficient (Wildman–Crippen LogP) is 3.14. The molecule has 0 bridgehead atoms. The van der Waals surface area contributed by atoms with Gasteiger partial charge in [-0.25, -0.2) is 9.18 Å². The largest absolute Gasteiger partial charge is 0.490 e. The smallest absolute Gasteiger partial charge is 0.314 e. The number of carbonyl (C=O) groups excluding carboxylic acids is 1. The highest BCUT2D eigenvalue weighted by molar-refractivity contribution is 5.73. The Morgan fingerprint density at radius 1 is 0.957 bits per heavy atom. The Morgan fingerprint density at radius 3 is 2.43 bits per heavy atom. The van der Waals surface area contributed by atoms with Crippen molar-refractivity contribution in [1.29, 1.82) is 0 Å². The SMILES string of the molecule is O=C(NCCCOc1ccccc1F)NCCc1ccccc1. The number of urea groups is 1. The second-order valence-corrected chi connectivity index (χ2v) is 5.05. The molecule has 0 heterocycles. The molecule has 2 rings (SSSR count). The highest BCUT2D eigenvalue weighted by atomic mass is 19.1. The molecule has 2 amide bonds. The number of hydrogen-bond acceptors (Lipinski definition) is 2. The van der Waals surface area contributed by atoms with Crippen LogP contribution in [0.3, 0.4) is 0 Å². The van der Waals surface area contributed by atoms with Crippen molar-refractivity contribution < 1.29 is 13.9 Å². The minimum absolute atomic E-state index is 0.202. The number of halogens is 1. The van der Waals surface area contributed by atoms with Gasteiger partial charge in [0.05, 0.1) is 6.61 Å². The molecule has 0 saturated heterocycles. The number of carbonyl (C=O) groups is 1. The normalized spacial score (nSPS) is 10.1. The molecule has 0 aliphatic heterocycles. The maximum absolute atomic E-state index is 13.3. The molecule has 2 aromatic carbocycles. The number of rotatable bonds is 8. The third kappa shape index (κ3) is 6.38. The molecule has 0 atom stereocenters. The summed E-state index contributed by atoms with van der Waals surface area (Å²) >= 11 is 0. The first kappa shape index (κ1) is 16.8. The summed E-state index contributed by atoms with van der Waals surface area (Å²) in [5.41, 5.74) is 1.19. The van der Waals surface area contributed by atoms with Crippen LogP contribution in [0.5, 0.6) is 5.75 Å². The number of ether oxygens (including phenoxy) is 1. The second-order valence-electron chi connectivity index (χ2n) is 5.05. The van der Waals surface area contributed by atoms with Gasteiger partial charge < -0.3 is 15.4 Å². The van der Waals surface area contributed by atoms with Crippen LogP contribution < -0.4 is 15.4 Å². The lowest BCUT2D eigenvalue weighted by Gasteiger charge is -2.09. The van der Waals surface area contributed by atoms with Crippen LogP contribution in [0.1, 0.15) is 12.0 Å². The fourth-order valence-corrected chi connectivity index (χ4v) is 2.05. The van der Waals surface area contributed by atoms with Gasteiger partial charge in [0.15, 0.2) is 11.6 Å². The van der Waals surface area contributed by atoms with Gasteiger partial charge >= 0.3 is 6.03 Å². The van der Waals surface area contributed by atoms with Gasteiger partial charge in [-0.05, 0) is 30.5 Å². The van der Waals surface area contributed by atoms with Crippen molar-refractivity contribution in [1.82, 2.24) is 10.6 Å². The van der Waals surface area contributed by atoms with E-state index >= 15 is 0 Å². The Hall–Kier alpha value is -2.56. The average molecular weight is 316 g/mol. The lowest BCUT2D eigenvalue weighted by Crippen LogP contribution is -2.37. The molecule has 0 unspecified atom stereocenters. The fourth-order valence-electron chi connectivity index (χ4n) is 2.05. The van der Waals surface area contributed by atoms with Crippen LogP contribution in [0, 0.1) is 5.82 Å². The summed E-state index contributed by atoms with van der Waals surface area (Å²) in [7, 11) is 0. The Morgan fingerprint density at radius 2 is 1.65 bits per heavy atom. The van der Waals surface area contributed by atoms with E-state index in [4.69, 9.17) is 4.74 Å². The van der Waals surface area contributed by atoms with Crippen LogP contribution in [0.4, 0.5) is 9.18 Å². The maximum Gasteiger partial charge on any atom is 0.314 e. The zero-order valence-corrected chi connectivity index (χ0v) is 12.9. The van der Waals surface area contributed by atoms with E-state index in [1.54, 1.807) is 18.2 Å². The summed E-state index contributed by atoms with van der Waals surface area (Å²) in [4.78, 5) is 11.6. The summed E-state index contributed by atoms with van der Waals surface area (Å²) in [6, 6.07) is 16.0. The van der Waals surface area contributed by atoms with Crippen molar-refractivity contribution in [2.75, 3.05) is 19.7 Å². The molecule has 0 aliphatic rings. The lowest BCUT2D eigenvalue weighted by molar-refractivity contribution is 0.239. The molecule has 122 valence electrons. The molecule has 23 heavy (non-hydrogen) atoms. The van der Waals surface area contributed by atoms with Gasteiger partial charge in [0, 0.05) is 13.1 Å². The molecule has 0 saturated carbocycles. The summed E-state index contributed by atoms with van der Waals surface area (Å²) in [5, 5.41) is 5.54. The average Bonchev–Trinajstić information content (AvgIpc) is 2.57. The van der Waals surface area contributed by atoms with Crippen molar-refractivity contribution in [2.45, 2.75) is 12.8 Å². The lowest BCUT2D eigenvalue weighted by atomic mass is 10.1. The van der Waals surface area contributed by atoms with E-state index in [1.165, 1.54) is 11.6 Å². The van der Waals surface area contributed by atoms with Crippen LogP contribution in [0.2, 0.25) is 0 Å². The molecule has 0 spiro atoms. The van der Waals surface area contributed by atoms with E-state index < -0.39 is 0 Å². The number of para-hydroxylation sites is 1. The Bertz CT molecular complexity index is 605. The van der Waals surface area contributed by atoms with Gasteiger partial charge in [0.1, 0.15) is 0 Å². The van der Waals surface area contributed by atoms with Gasteiger partial charge in [-0.3, -0.25) is 0 Å². The van der Waals surface area contributed by atoms with Crippen LogP contribution >= 0.6 is 0 Å². The van der Waals surface area contributed by atoms with E-state index in [0.717, 1.165) is 6.42 Å². The molecule has 2 aromatic rings. The zero-order valence-electron chi connectivity index (χ0n) is 12.9. The van der Waals surface area contributed by atoms with Crippen LogP contribution in [-0.4, -0.2) is 25.7 Å². The number of amides is 2. The van der Waals surface area contributed by atoms with Crippen LogP contribution in [-0.2, 0) is 6.42 Å². The quantitative estimate of drug-likeness (QED) is 0.735. The van der Waals surface area contributed by atoms with Crippen molar-refractivity contribution in [3.05, 3.63) is 66.0 Å². The molecule has 0 aliphatic carbocycles. The highest BCUT2D eigenvalue weighted by Crippen LogP contribution is 2.15. The van der Waals surface area contributed by atoms with Crippen molar-refractivity contribution in [3.8, 4) is 5.75 Å². The highest BCUT2D eigenvalue weighted by Gasteiger charge is 2.02. The monoisotopic (exact) mass is 316 g/mol. The minimum atomic E-state index is -0.376. The Labute approximate surface area is 135 Å². The summed E-state index contributed by atoms with van der Waals surface area (Å²) in [5.74, 6) is -0.140. The number of benzene rings is 2. The molecule has 5 heteroatoms. The predicted molar refractivity (Wildman–Crippen MR) is 88.1 cm³/mol. The Kier molecular flexibility index (Phi) is 6.91. The summed E-state index contributed by atoms with van der Waals surface area (Å²) in [6.45, 7) is 1.42. The standard InChI is InChI=1S/C18H21FN2O2/c19-16-9-4-5-10-17(16)23-14-6-12-20-18(22)21-13-11-15-7-2-1-3-8-15/h1-5,7-10H,6,11-14H2,(H2,20,21,22). The molecule has 4 nitrogen and oxygen atoms in total. The first-order valence-corrected chi connectivity index (χ1v) is 7.68. The van der Waals surface area contributed by atoms with Crippen molar-refractivity contribution >= 4 is 6.03 Å². The van der Waals surface area contributed by atoms with Gasteiger partial charge in [-0.1, -0.05) is 42.5 Å². The minimum Gasteiger partial charge on any atom is -0.490 e. The number of hydrogen-bond donors (Lipinski definition) is 2. The van der Waals surface area contributed by atoms with Crippen molar-refractivity contribution in [3.63, 3.8) is 0 Å². The topological polar surface area (TPSA) is 50.4 Å². The third-order valence-electron chi connectivity index (χ3n) is 3.24. The molecular formula is C18H21FN2O2. The molecule has 0 aromatic heterocycles. The van der Waals surface area contributed by atoms with Crippen molar-refractivity contribution in [2.24, 2.45) is 0 Å². The maximum atomic E-state index is 13.3. The first-order chi connectivity index (χ1) is 11.3. The molecule has 0 radical (unpaired) electrons. The first-order valence-electron chi connectivity index (χ1n) is 7.68. The second kappa shape index (κ2) is 9.46. The third-order valence-corrected chi connectivity index (χ3v) is 3.24. The number of nitrogens with one attached hydrogen (secondary N) is 2. The van der Waals surface area contributed by atoms with Gasteiger partial charge in [0.25, 0.3) is 0 Å². The van der Waals surface area contributed by atoms with E-state index in [1.807, 2.05) is 30.3 Å². The summed E-state index contributed by atoms with van der Waals surface area (Å²) < 4.78 is 18.6. The molecular weight excluding hydrogens is 295 g/mol.